The van der Waals surface area contributed by atoms with E-state index < -0.39 is 6.09 Å². The summed E-state index contributed by atoms with van der Waals surface area (Å²) in [6, 6.07) is 3.15. The second-order valence-corrected chi connectivity index (χ2v) is 4.53. The highest BCUT2D eigenvalue weighted by molar-refractivity contribution is 6.38. The standard InChI is InChI=1S/C12H11Cl2N3O3/c1-3-20-12(18)17-10-11(19-2)15-8-5-6(13)4-7(14)9(8)16-10/h4-5H,3H2,1-2H3,(H,16,17,18). The Kier molecular flexibility index (Phi) is 4.46. The normalized spacial score (nSPS) is 10.4. The monoisotopic (exact) mass is 315 g/mol. The summed E-state index contributed by atoms with van der Waals surface area (Å²) >= 11 is 12.0. The summed E-state index contributed by atoms with van der Waals surface area (Å²) < 4.78 is 9.86. The Balaban J connectivity index is 2.51. The molecule has 6 nitrogen and oxygen atoms in total. The van der Waals surface area contributed by atoms with Crippen LogP contribution >= 0.6 is 23.2 Å². The molecule has 0 fully saturated rings. The zero-order valence-electron chi connectivity index (χ0n) is 10.7. The van der Waals surface area contributed by atoms with E-state index in [1.165, 1.54) is 7.11 Å². The van der Waals surface area contributed by atoms with Gasteiger partial charge in [-0.2, -0.15) is 0 Å². The van der Waals surface area contributed by atoms with Crippen LogP contribution in [-0.4, -0.2) is 29.8 Å². The number of rotatable bonds is 3. The van der Waals surface area contributed by atoms with Crippen LogP contribution in [-0.2, 0) is 4.74 Å². The largest absolute Gasteiger partial charge is 0.478 e. The van der Waals surface area contributed by atoms with Crippen LogP contribution in [0.25, 0.3) is 11.0 Å². The first-order valence-electron chi connectivity index (χ1n) is 5.69. The number of anilines is 1. The third kappa shape index (κ3) is 3.02. The maximum Gasteiger partial charge on any atom is 0.412 e. The van der Waals surface area contributed by atoms with Gasteiger partial charge in [0, 0.05) is 5.02 Å². The van der Waals surface area contributed by atoms with E-state index in [0.717, 1.165) is 0 Å². The molecule has 20 heavy (non-hydrogen) atoms. The van der Waals surface area contributed by atoms with E-state index in [-0.39, 0.29) is 18.3 Å². The Morgan fingerprint density at radius 3 is 2.75 bits per heavy atom. The van der Waals surface area contributed by atoms with Gasteiger partial charge < -0.3 is 9.47 Å². The number of ether oxygens (including phenoxy) is 2. The average Bonchev–Trinajstić information content (AvgIpc) is 2.39. The van der Waals surface area contributed by atoms with Crippen LogP contribution in [0.5, 0.6) is 5.88 Å². The van der Waals surface area contributed by atoms with Crippen molar-refractivity contribution >= 4 is 46.1 Å². The van der Waals surface area contributed by atoms with Gasteiger partial charge >= 0.3 is 6.09 Å². The van der Waals surface area contributed by atoms with Gasteiger partial charge in [0.2, 0.25) is 0 Å². The van der Waals surface area contributed by atoms with Gasteiger partial charge in [-0.3, -0.25) is 5.32 Å². The fourth-order valence-corrected chi connectivity index (χ4v) is 2.08. The number of carbonyl (C=O) groups excluding carboxylic acids is 1. The minimum Gasteiger partial charge on any atom is -0.478 e. The molecule has 0 spiro atoms. The van der Waals surface area contributed by atoms with Crippen LogP contribution in [0.1, 0.15) is 6.92 Å². The van der Waals surface area contributed by atoms with Gasteiger partial charge in [-0.15, -0.1) is 0 Å². The molecule has 106 valence electrons. The predicted molar refractivity (Wildman–Crippen MR) is 76.8 cm³/mol. The predicted octanol–water partition coefficient (Wildman–Crippen LogP) is 3.51. The molecule has 1 aromatic heterocycles. The average molecular weight is 316 g/mol. The molecule has 0 bridgehead atoms. The van der Waals surface area contributed by atoms with Crippen molar-refractivity contribution in [3.8, 4) is 5.88 Å². The number of hydrogen-bond donors (Lipinski definition) is 1. The lowest BCUT2D eigenvalue weighted by molar-refractivity contribution is 0.167. The van der Waals surface area contributed by atoms with Crippen molar-refractivity contribution < 1.29 is 14.3 Å². The van der Waals surface area contributed by atoms with Gasteiger partial charge in [0.25, 0.3) is 5.88 Å². The summed E-state index contributed by atoms with van der Waals surface area (Å²) in [4.78, 5) is 19.9. The highest BCUT2D eigenvalue weighted by Gasteiger charge is 2.15. The molecule has 2 aromatic rings. The summed E-state index contributed by atoms with van der Waals surface area (Å²) in [6.45, 7) is 1.94. The van der Waals surface area contributed by atoms with E-state index in [4.69, 9.17) is 32.7 Å². The zero-order valence-corrected chi connectivity index (χ0v) is 12.2. The molecule has 2 rings (SSSR count). The molecule has 0 aliphatic rings. The number of halogens is 2. The van der Waals surface area contributed by atoms with Crippen molar-refractivity contribution in [3.63, 3.8) is 0 Å². The maximum absolute atomic E-state index is 11.4. The summed E-state index contributed by atoms with van der Waals surface area (Å²) in [5, 5.41) is 3.21. The summed E-state index contributed by atoms with van der Waals surface area (Å²) in [7, 11) is 1.42. The lowest BCUT2D eigenvalue weighted by atomic mass is 10.3. The van der Waals surface area contributed by atoms with Crippen LogP contribution in [0.3, 0.4) is 0 Å². The van der Waals surface area contributed by atoms with Crippen LogP contribution in [0.2, 0.25) is 10.0 Å². The topological polar surface area (TPSA) is 73.3 Å². The van der Waals surface area contributed by atoms with Crippen molar-refractivity contribution in [3.05, 3.63) is 22.2 Å². The van der Waals surface area contributed by atoms with Gasteiger partial charge in [0.1, 0.15) is 5.52 Å². The van der Waals surface area contributed by atoms with Crippen molar-refractivity contribution in [2.75, 3.05) is 19.0 Å². The number of amides is 1. The molecule has 0 atom stereocenters. The maximum atomic E-state index is 11.4. The summed E-state index contributed by atoms with van der Waals surface area (Å²) in [5.41, 5.74) is 0.873. The lowest BCUT2D eigenvalue weighted by Crippen LogP contribution is -2.15. The first kappa shape index (κ1) is 14.6. The molecule has 0 saturated carbocycles. The SMILES string of the molecule is CCOC(=O)Nc1nc2c(Cl)cc(Cl)cc2nc1OC. The number of benzene rings is 1. The van der Waals surface area contributed by atoms with Crippen molar-refractivity contribution in [2.24, 2.45) is 0 Å². The Morgan fingerprint density at radius 2 is 2.10 bits per heavy atom. The Morgan fingerprint density at radius 1 is 1.35 bits per heavy atom. The molecule has 0 radical (unpaired) electrons. The highest BCUT2D eigenvalue weighted by atomic mass is 35.5. The third-order valence-electron chi connectivity index (χ3n) is 2.35. The molecule has 1 aromatic carbocycles. The van der Waals surface area contributed by atoms with Crippen LogP contribution in [0.15, 0.2) is 12.1 Å². The number of hydrogen-bond acceptors (Lipinski definition) is 5. The summed E-state index contributed by atoms with van der Waals surface area (Å²) in [6.07, 6.45) is -0.649. The van der Waals surface area contributed by atoms with Gasteiger partial charge in [-0.1, -0.05) is 23.2 Å². The smallest absolute Gasteiger partial charge is 0.412 e. The number of nitrogens with zero attached hydrogens (tertiary/aromatic N) is 2. The molecule has 1 amide bonds. The van der Waals surface area contributed by atoms with E-state index in [1.807, 2.05) is 0 Å². The number of aromatic nitrogens is 2. The molecule has 1 N–H and O–H groups in total. The molecule has 0 unspecified atom stereocenters. The quantitative estimate of drug-likeness (QED) is 0.938. The highest BCUT2D eigenvalue weighted by Crippen LogP contribution is 2.30. The van der Waals surface area contributed by atoms with E-state index in [0.29, 0.717) is 21.1 Å². The first-order valence-corrected chi connectivity index (χ1v) is 6.45. The molecule has 1 heterocycles. The number of fused-ring (bicyclic) bond motifs is 1. The molecule has 0 aliphatic heterocycles. The minimum atomic E-state index is -0.649. The molecular formula is C12H11Cl2N3O3. The molecular weight excluding hydrogens is 305 g/mol. The van der Waals surface area contributed by atoms with Gasteiger partial charge in [-0.25, -0.2) is 14.8 Å². The van der Waals surface area contributed by atoms with E-state index in [2.05, 4.69) is 15.3 Å². The molecule has 8 heteroatoms. The second-order valence-electron chi connectivity index (χ2n) is 3.68. The van der Waals surface area contributed by atoms with Gasteiger partial charge in [0.15, 0.2) is 5.82 Å². The van der Waals surface area contributed by atoms with Crippen molar-refractivity contribution in [1.82, 2.24) is 9.97 Å². The lowest BCUT2D eigenvalue weighted by Gasteiger charge is -2.10. The Labute approximate surface area is 125 Å². The van der Waals surface area contributed by atoms with Crippen LogP contribution in [0, 0.1) is 0 Å². The Bertz CT molecular complexity index is 664. The van der Waals surface area contributed by atoms with E-state index >= 15 is 0 Å². The third-order valence-corrected chi connectivity index (χ3v) is 2.85. The van der Waals surface area contributed by atoms with Crippen molar-refractivity contribution in [2.45, 2.75) is 6.92 Å². The minimum absolute atomic E-state index is 0.127. The van der Waals surface area contributed by atoms with E-state index in [1.54, 1.807) is 19.1 Å². The summed E-state index contributed by atoms with van der Waals surface area (Å²) in [5.74, 6) is 0.270. The van der Waals surface area contributed by atoms with Crippen LogP contribution < -0.4 is 10.1 Å². The fourth-order valence-electron chi connectivity index (χ4n) is 1.56. The van der Waals surface area contributed by atoms with Crippen LogP contribution in [0.4, 0.5) is 10.6 Å². The van der Waals surface area contributed by atoms with Crippen molar-refractivity contribution in [1.29, 1.82) is 0 Å². The first-order chi connectivity index (χ1) is 9.55. The zero-order chi connectivity index (χ0) is 14.7. The molecule has 0 saturated heterocycles. The molecule has 0 aliphatic carbocycles. The number of carbonyl (C=O) groups is 1. The fraction of sp³-hybridized carbons (Fsp3) is 0.250. The van der Waals surface area contributed by atoms with Gasteiger partial charge in [-0.05, 0) is 19.1 Å². The second kappa shape index (κ2) is 6.11. The van der Waals surface area contributed by atoms with Gasteiger partial charge in [0.05, 0.1) is 24.3 Å². The number of methoxy groups -OCH3 is 1. The van der Waals surface area contributed by atoms with E-state index in [9.17, 15) is 4.79 Å². The number of nitrogens with one attached hydrogen (secondary N) is 1. The Hall–Kier alpha value is -1.79.